The number of hydrogen-bond donors (Lipinski definition) is 2. The number of piperazine rings is 1. The Labute approximate surface area is 170 Å². The summed E-state index contributed by atoms with van der Waals surface area (Å²) in [5.74, 6) is 0.509. The number of nitrogens with two attached hydrogens (primary N) is 1. The van der Waals surface area contributed by atoms with Gasteiger partial charge in [-0.25, -0.2) is 0 Å². The lowest BCUT2D eigenvalue weighted by Gasteiger charge is -2.33. The van der Waals surface area contributed by atoms with Crippen LogP contribution in [0.25, 0.3) is 0 Å². The number of nitrogens with zero attached hydrogens (tertiary/aromatic N) is 3. The fraction of sp³-hybridized carbons (Fsp3) is 0.632. The summed E-state index contributed by atoms with van der Waals surface area (Å²) in [6.07, 6.45) is 2.27. The molecule has 1 aromatic rings. The van der Waals surface area contributed by atoms with Gasteiger partial charge >= 0.3 is 0 Å². The third kappa shape index (κ3) is 7.92. The Bertz CT molecular complexity index is 539. The molecule has 0 radical (unpaired) electrons. The highest BCUT2D eigenvalue weighted by atomic mass is 127. The second kappa shape index (κ2) is 11.7. The first-order chi connectivity index (χ1) is 11.6. The lowest BCUT2D eigenvalue weighted by molar-refractivity contribution is 0.136. The van der Waals surface area contributed by atoms with Crippen LogP contribution in [0.1, 0.15) is 30.9 Å². The molecule has 6 heteroatoms. The number of aliphatic imine (C=N–C) groups is 1. The molecule has 0 unspecified atom stereocenters. The average Bonchev–Trinajstić information content (AvgIpc) is 2.58. The van der Waals surface area contributed by atoms with Crippen LogP contribution in [-0.4, -0.2) is 61.6 Å². The van der Waals surface area contributed by atoms with Crippen molar-refractivity contribution in [2.24, 2.45) is 10.7 Å². The van der Waals surface area contributed by atoms with Crippen LogP contribution in [0.4, 0.5) is 5.69 Å². The zero-order valence-electron chi connectivity index (χ0n) is 15.9. The molecule has 0 bridgehead atoms. The van der Waals surface area contributed by atoms with Gasteiger partial charge < -0.3 is 20.9 Å². The van der Waals surface area contributed by atoms with Crippen molar-refractivity contribution < 1.29 is 0 Å². The van der Waals surface area contributed by atoms with Gasteiger partial charge in [0.25, 0.3) is 0 Å². The summed E-state index contributed by atoms with van der Waals surface area (Å²) in [6, 6.07) is 6.25. The van der Waals surface area contributed by atoms with Crippen LogP contribution in [-0.2, 0) is 0 Å². The van der Waals surface area contributed by atoms with Crippen molar-refractivity contribution >= 4 is 35.6 Å². The van der Waals surface area contributed by atoms with Crippen molar-refractivity contribution in [3.8, 4) is 0 Å². The number of hydrogen-bond acceptors (Lipinski definition) is 3. The topological polar surface area (TPSA) is 56.9 Å². The minimum atomic E-state index is 0. The largest absolute Gasteiger partial charge is 0.370 e. The third-order valence-electron chi connectivity index (χ3n) is 4.86. The van der Waals surface area contributed by atoms with E-state index in [1.807, 2.05) is 6.07 Å². The van der Waals surface area contributed by atoms with Gasteiger partial charge in [0.05, 0.1) is 0 Å². The van der Waals surface area contributed by atoms with Gasteiger partial charge in [0, 0.05) is 38.4 Å². The molecule has 0 saturated carbocycles. The van der Waals surface area contributed by atoms with E-state index in [0.29, 0.717) is 5.96 Å². The molecule has 142 valence electrons. The minimum absolute atomic E-state index is 0. The highest BCUT2D eigenvalue weighted by Gasteiger charge is 2.14. The van der Waals surface area contributed by atoms with E-state index in [0.717, 1.165) is 18.7 Å². The number of anilines is 1. The van der Waals surface area contributed by atoms with Crippen LogP contribution < -0.4 is 11.1 Å². The molecule has 0 aliphatic carbocycles. The number of rotatable bonds is 7. The Balaban J connectivity index is 0.00000312. The quantitative estimate of drug-likeness (QED) is 0.285. The zero-order chi connectivity index (χ0) is 17.4. The lowest BCUT2D eigenvalue weighted by Crippen LogP contribution is -2.46. The standard InChI is InChI=1S/C19H33N5.HI/c1-4-23-11-13-24(14-12-23)10-6-5-9-21-19(20)22-18-8-7-16(2)17(3)15-18;/h7-8,15H,4-6,9-14H2,1-3H3,(H3,20,21,22);1H. The van der Waals surface area contributed by atoms with Gasteiger partial charge in [0.15, 0.2) is 5.96 Å². The molecule has 0 aromatic heterocycles. The first-order valence-corrected chi connectivity index (χ1v) is 9.17. The molecule has 5 nitrogen and oxygen atoms in total. The van der Waals surface area contributed by atoms with Crippen LogP contribution in [0.5, 0.6) is 0 Å². The molecule has 1 aliphatic rings. The summed E-state index contributed by atoms with van der Waals surface area (Å²) in [5.41, 5.74) is 9.53. The Morgan fingerprint density at radius 3 is 2.40 bits per heavy atom. The van der Waals surface area contributed by atoms with E-state index in [1.165, 1.54) is 56.8 Å². The Hall–Kier alpha value is -0.860. The molecule has 1 aliphatic heterocycles. The third-order valence-corrected chi connectivity index (χ3v) is 4.86. The van der Waals surface area contributed by atoms with E-state index in [-0.39, 0.29) is 24.0 Å². The molecular weight excluding hydrogens is 425 g/mol. The van der Waals surface area contributed by atoms with Crippen molar-refractivity contribution in [3.63, 3.8) is 0 Å². The molecule has 2 rings (SSSR count). The van der Waals surface area contributed by atoms with Crippen LogP contribution in [0.2, 0.25) is 0 Å². The van der Waals surface area contributed by atoms with Crippen LogP contribution in [0.3, 0.4) is 0 Å². The molecule has 25 heavy (non-hydrogen) atoms. The minimum Gasteiger partial charge on any atom is -0.370 e. The number of guanidine groups is 1. The van der Waals surface area contributed by atoms with Gasteiger partial charge in [0.1, 0.15) is 0 Å². The second-order valence-corrected chi connectivity index (χ2v) is 6.67. The molecule has 1 fully saturated rings. The van der Waals surface area contributed by atoms with E-state index in [9.17, 15) is 0 Å². The van der Waals surface area contributed by atoms with E-state index in [1.54, 1.807) is 0 Å². The molecule has 1 aromatic carbocycles. The maximum atomic E-state index is 5.97. The highest BCUT2D eigenvalue weighted by molar-refractivity contribution is 14.0. The van der Waals surface area contributed by atoms with E-state index in [4.69, 9.17) is 5.73 Å². The maximum Gasteiger partial charge on any atom is 0.193 e. The predicted molar refractivity (Wildman–Crippen MR) is 119 cm³/mol. The van der Waals surface area contributed by atoms with Crippen molar-refractivity contribution in [1.82, 2.24) is 9.80 Å². The van der Waals surface area contributed by atoms with Gasteiger partial charge in [-0.05, 0) is 63.0 Å². The Morgan fingerprint density at radius 2 is 1.76 bits per heavy atom. The summed E-state index contributed by atoms with van der Waals surface area (Å²) < 4.78 is 0. The molecule has 1 saturated heterocycles. The molecule has 3 N–H and O–H groups in total. The second-order valence-electron chi connectivity index (χ2n) is 6.67. The van der Waals surface area contributed by atoms with E-state index < -0.39 is 0 Å². The van der Waals surface area contributed by atoms with Gasteiger partial charge in [-0.1, -0.05) is 13.0 Å². The monoisotopic (exact) mass is 459 g/mol. The molecule has 0 atom stereocenters. The van der Waals surface area contributed by atoms with Crippen molar-refractivity contribution in [2.45, 2.75) is 33.6 Å². The predicted octanol–water partition coefficient (Wildman–Crippen LogP) is 3.07. The molecule has 1 heterocycles. The fourth-order valence-corrected chi connectivity index (χ4v) is 2.98. The molecular formula is C19H34IN5. The van der Waals surface area contributed by atoms with Crippen molar-refractivity contribution in [3.05, 3.63) is 29.3 Å². The van der Waals surface area contributed by atoms with Crippen LogP contribution >= 0.6 is 24.0 Å². The SMILES string of the molecule is CCN1CCN(CCCCN=C(N)Nc2ccc(C)c(C)c2)CC1.I. The van der Waals surface area contributed by atoms with Crippen LogP contribution in [0.15, 0.2) is 23.2 Å². The highest BCUT2D eigenvalue weighted by Crippen LogP contribution is 2.13. The lowest BCUT2D eigenvalue weighted by atomic mass is 10.1. The number of aryl methyl sites for hydroxylation is 2. The van der Waals surface area contributed by atoms with Crippen LogP contribution in [0, 0.1) is 13.8 Å². The number of halogens is 1. The summed E-state index contributed by atoms with van der Waals surface area (Å²) in [7, 11) is 0. The summed E-state index contributed by atoms with van der Waals surface area (Å²) in [6.45, 7) is 14.4. The fourth-order valence-electron chi connectivity index (χ4n) is 2.98. The summed E-state index contributed by atoms with van der Waals surface area (Å²) >= 11 is 0. The number of unbranched alkanes of at least 4 members (excludes halogenated alkanes) is 1. The van der Waals surface area contributed by atoms with E-state index >= 15 is 0 Å². The molecule has 0 amide bonds. The smallest absolute Gasteiger partial charge is 0.193 e. The Morgan fingerprint density at radius 1 is 1.08 bits per heavy atom. The normalized spacial score (nSPS) is 16.5. The van der Waals surface area contributed by atoms with Crippen molar-refractivity contribution in [2.75, 3.05) is 51.1 Å². The maximum absolute atomic E-state index is 5.97. The number of likely N-dealkylation sites (N-methyl/N-ethyl adjacent to an activating group) is 1. The zero-order valence-corrected chi connectivity index (χ0v) is 18.3. The first kappa shape index (κ1) is 22.2. The summed E-state index contributed by atoms with van der Waals surface area (Å²) in [5, 5.41) is 3.17. The molecule has 0 spiro atoms. The van der Waals surface area contributed by atoms with E-state index in [2.05, 4.69) is 53.0 Å². The van der Waals surface area contributed by atoms with Gasteiger partial charge in [0.2, 0.25) is 0 Å². The first-order valence-electron chi connectivity index (χ1n) is 9.17. The number of nitrogens with one attached hydrogen (secondary N) is 1. The van der Waals surface area contributed by atoms with Gasteiger partial charge in [-0.15, -0.1) is 24.0 Å². The van der Waals surface area contributed by atoms with Gasteiger partial charge in [-0.2, -0.15) is 0 Å². The Kier molecular flexibility index (Phi) is 10.4. The summed E-state index contributed by atoms with van der Waals surface area (Å²) in [4.78, 5) is 9.51. The van der Waals surface area contributed by atoms with Gasteiger partial charge in [-0.3, -0.25) is 4.99 Å². The van der Waals surface area contributed by atoms with Crippen molar-refractivity contribution in [1.29, 1.82) is 0 Å². The average molecular weight is 459 g/mol. The number of benzene rings is 1.